The molecule has 0 aliphatic carbocycles. The zero-order valence-corrected chi connectivity index (χ0v) is 16.5. The lowest BCUT2D eigenvalue weighted by atomic mass is 10.1. The van der Waals surface area contributed by atoms with Crippen molar-refractivity contribution in [3.05, 3.63) is 56.7 Å². The number of likely N-dealkylation sites (N-methyl/N-ethyl adjacent to an activating group) is 2. The van der Waals surface area contributed by atoms with Crippen LogP contribution in [-0.4, -0.2) is 74.0 Å². The predicted molar refractivity (Wildman–Crippen MR) is 107 cm³/mol. The molecular weight excluding hydrogens is 408 g/mol. The third kappa shape index (κ3) is 3.45. The maximum Gasteiger partial charge on any atom is 0.328 e. The molecule has 0 radical (unpaired) electrons. The normalized spacial score (nSPS) is 21.1. The Morgan fingerprint density at radius 2 is 1.74 bits per heavy atom. The van der Waals surface area contributed by atoms with Crippen molar-refractivity contribution in [3.63, 3.8) is 0 Å². The number of aromatic nitrogens is 2. The molecule has 13 heteroatoms. The minimum absolute atomic E-state index is 0.0189. The summed E-state index contributed by atoms with van der Waals surface area (Å²) in [6.45, 7) is 0.109. The van der Waals surface area contributed by atoms with Crippen molar-refractivity contribution in [3.8, 4) is 5.88 Å². The van der Waals surface area contributed by atoms with E-state index in [0.717, 1.165) is 10.5 Å². The minimum atomic E-state index is -0.943. The first-order valence-electron chi connectivity index (χ1n) is 9.18. The Morgan fingerprint density at radius 3 is 2.42 bits per heavy atom. The van der Waals surface area contributed by atoms with Gasteiger partial charge in [0.15, 0.2) is 12.2 Å². The number of guanidine groups is 1. The highest BCUT2D eigenvalue weighted by molar-refractivity contribution is 6.03. The number of aromatic amines is 2. The second-order valence-corrected chi connectivity index (χ2v) is 7.01. The van der Waals surface area contributed by atoms with E-state index >= 15 is 0 Å². The van der Waals surface area contributed by atoms with E-state index in [1.807, 2.05) is 40.3 Å². The Labute approximate surface area is 174 Å². The number of H-pyrrole nitrogens is 2. The molecule has 0 saturated carbocycles. The van der Waals surface area contributed by atoms with Gasteiger partial charge in [0.05, 0.1) is 6.54 Å². The van der Waals surface area contributed by atoms with Crippen LogP contribution in [0.1, 0.15) is 5.56 Å². The van der Waals surface area contributed by atoms with Crippen LogP contribution in [0.3, 0.4) is 0 Å². The number of nitrogens with zero attached hydrogens (tertiary/aromatic N) is 6. The van der Waals surface area contributed by atoms with Crippen LogP contribution in [0.5, 0.6) is 5.88 Å². The molecule has 2 aliphatic rings. The molecule has 2 unspecified atom stereocenters. The average Bonchev–Trinajstić information content (AvgIpc) is 3.06. The van der Waals surface area contributed by atoms with E-state index in [2.05, 4.69) is 15.2 Å². The monoisotopic (exact) mass is 426 g/mol. The van der Waals surface area contributed by atoms with Crippen LogP contribution in [0.15, 0.2) is 55.1 Å². The van der Waals surface area contributed by atoms with E-state index in [4.69, 9.17) is 0 Å². The summed E-state index contributed by atoms with van der Waals surface area (Å²) in [5.74, 6) is -1.22. The van der Waals surface area contributed by atoms with Gasteiger partial charge in [-0.3, -0.25) is 24.5 Å². The van der Waals surface area contributed by atoms with Gasteiger partial charge in [0, 0.05) is 14.1 Å². The number of nitrogens with one attached hydrogen (secondary N) is 2. The zero-order chi connectivity index (χ0) is 22.3. The van der Waals surface area contributed by atoms with E-state index in [9.17, 15) is 24.3 Å². The van der Waals surface area contributed by atoms with Crippen molar-refractivity contribution >= 4 is 23.6 Å². The fourth-order valence-electron chi connectivity index (χ4n) is 3.42. The number of urea groups is 1. The largest absolute Gasteiger partial charge is 0.493 e. The third-order valence-corrected chi connectivity index (χ3v) is 5.03. The lowest BCUT2D eigenvalue weighted by Gasteiger charge is -2.40. The predicted octanol–water partition coefficient (Wildman–Crippen LogP) is -0.0572. The van der Waals surface area contributed by atoms with Crippen molar-refractivity contribution in [2.24, 2.45) is 15.2 Å². The summed E-state index contributed by atoms with van der Waals surface area (Å²) in [6, 6.07) is 7.77. The van der Waals surface area contributed by atoms with Crippen molar-refractivity contribution < 1.29 is 14.7 Å². The molecule has 1 saturated heterocycles. The van der Waals surface area contributed by atoms with Gasteiger partial charge < -0.3 is 14.9 Å². The molecule has 4 rings (SSSR count). The zero-order valence-electron chi connectivity index (χ0n) is 16.5. The van der Waals surface area contributed by atoms with E-state index in [1.54, 1.807) is 7.05 Å². The van der Waals surface area contributed by atoms with Gasteiger partial charge in [-0.15, -0.1) is 10.2 Å². The molecule has 2 aromatic rings. The van der Waals surface area contributed by atoms with Crippen molar-refractivity contribution in [2.75, 3.05) is 14.1 Å². The lowest BCUT2D eigenvalue weighted by molar-refractivity contribution is -0.137. The van der Waals surface area contributed by atoms with Gasteiger partial charge in [-0.05, 0) is 5.56 Å². The standard InChI is InChI=1S/C18H18N8O5/c1-24-11-12(19-16(24)23-22-10-13(27)20-17(30)21-14(10)28)25(2)18(31)26(15(11)29)8-9-6-4-3-5-7-9/h3-7,11-12H,8H2,1-2H3,(H3,20,21,27,28,30). The topological polar surface area (TPSA) is 167 Å². The van der Waals surface area contributed by atoms with Crippen LogP contribution in [0.2, 0.25) is 0 Å². The number of imide groups is 1. The molecule has 160 valence electrons. The van der Waals surface area contributed by atoms with Gasteiger partial charge >= 0.3 is 11.7 Å². The maximum absolute atomic E-state index is 13.1. The van der Waals surface area contributed by atoms with Gasteiger partial charge in [-0.25, -0.2) is 14.6 Å². The summed E-state index contributed by atoms with van der Waals surface area (Å²) in [5.41, 5.74) is -1.56. The second-order valence-electron chi connectivity index (χ2n) is 7.01. The number of benzene rings is 1. The van der Waals surface area contributed by atoms with Crippen molar-refractivity contribution in [1.29, 1.82) is 0 Å². The number of hydrogen-bond acceptors (Lipinski definition) is 9. The van der Waals surface area contributed by atoms with E-state index in [-0.39, 0.29) is 12.5 Å². The SMILES string of the molecule is CN1C(=O)N(Cc2ccccc2)C(=O)C2C1N=C(N=Nc1c(O)[nH]c(=O)[nH]c1=O)N2C. The average molecular weight is 426 g/mol. The van der Waals surface area contributed by atoms with Crippen LogP contribution >= 0.6 is 0 Å². The first-order valence-corrected chi connectivity index (χ1v) is 9.18. The number of rotatable bonds is 3. The molecule has 0 spiro atoms. The first-order chi connectivity index (χ1) is 14.8. The number of fused-ring (bicyclic) bond motifs is 1. The summed E-state index contributed by atoms with van der Waals surface area (Å²) in [6.07, 6.45) is -0.826. The summed E-state index contributed by atoms with van der Waals surface area (Å²) >= 11 is 0. The van der Waals surface area contributed by atoms with Gasteiger partial charge in [0.25, 0.3) is 11.5 Å². The molecule has 31 heavy (non-hydrogen) atoms. The Balaban J connectivity index is 1.61. The Morgan fingerprint density at radius 1 is 1.03 bits per heavy atom. The molecule has 13 nitrogen and oxygen atoms in total. The fraction of sp³-hybridized carbons (Fsp3) is 0.278. The van der Waals surface area contributed by atoms with Crippen LogP contribution in [0.4, 0.5) is 10.5 Å². The highest BCUT2D eigenvalue weighted by atomic mass is 16.3. The Kier molecular flexibility index (Phi) is 4.85. The Bertz CT molecular complexity index is 1220. The maximum atomic E-state index is 13.1. The van der Waals surface area contributed by atoms with E-state index < -0.39 is 47.0 Å². The molecule has 0 bridgehead atoms. The third-order valence-electron chi connectivity index (χ3n) is 5.03. The van der Waals surface area contributed by atoms with E-state index in [0.29, 0.717) is 0 Å². The Hall–Kier alpha value is -4.29. The summed E-state index contributed by atoms with van der Waals surface area (Å²) < 4.78 is 0. The molecule has 1 fully saturated rings. The molecule has 3 N–H and O–H groups in total. The van der Waals surface area contributed by atoms with Crippen LogP contribution in [0, 0.1) is 0 Å². The number of carbonyl (C=O) groups excluding carboxylic acids is 2. The van der Waals surface area contributed by atoms with Crippen LogP contribution in [0.25, 0.3) is 0 Å². The van der Waals surface area contributed by atoms with Gasteiger partial charge in [0.2, 0.25) is 17.5 Å². The lowest BCUT2D eigenvalue weighted by Crippen LogP contribution is -2.64. The van der Waals surface area contributed by atoms with Crippen LogP contribution < -0.4 is 11.2 Å². The molecule has 2 atom stereocenters. The van der Waals surface area contributed by atoms with E-state index in [1.165, 1.54) is 16.8 Å². The number of aromatic hydroxyl groups is 1. The molecular formula is C18H18N8O5. The van der Waals surface area contributed by atoms with Gasteiger partial charge in [-0.2, -0.15) is 0 Å². The fourth-order valence-corrected chi connectivity index (χ4v) is 3.42. The molecule has 1 aromatic carbocycles. The molecule has 3 heterocycles. The smallest absolute Gasteiger partial charge is 0.328 e. The van der Waals surface area contributed by atoms with Crippen molar-refractivity contribution in [2.45, 2.75) is 18.8 Å². The van der Waals surface area contributed by atoms with Gasteiger partial charge in [-0.1, -0.05) is 30.3 Å². The van der Waals surface area contributed by atoms with Crippen molar-refractivity contribution in [1.82, 2.24) is 24.7 Å². The first kappa shape index (κ1) is 20.0. The highest BCUT2D eigenvalue weighted by Crippen LogP contribution is 2.28. The molecule has 1 aromatic heterocycles. The summed E-state index contributed by atoms with van der Waals surface area (Å²) in [4.78, 5) is 60.9. The number of carbonyl (C=O) groups is 2. The van der Waals surface area contributed by atoms with Gasteiger partial charge in [0.1, 0.15) is 0 Å². The number of amides is 3. The van der Waals surface area contributed by atoms with Crippen LogP contribution in [-0.2, 0) is 11.3 Å². The quantitative estimate of drug-likeness (QED) is 0.581. The number of hydrogen-bond donors (Lipinski definition) is 3. The summed E-state index contributed by atoms with van der Waals surface area (Å²) in [5, 5.41) is 17.2. The highest BCUT2D eigenvalue weighted by Gasteiger charge is 2.51. The number of aliphatic imine (C=N–C) groups is 1. The summed E-state index contributed by atoms with van der Waals surface area (Å²) in [7, 11) is 3.09. The second kappa shape index (κ2) is 7.51. The molecule has 3 amide bonds. The molecule has 2 aliphatic heterocycles. The number of azo groups is 1. The minimum Gasteiger partial charge on any atom is -0.493 e.